The molecule has 1 unspecified atom stereocenters. The molecule has 150 valence electrons. The molecule has 1 N–H and O–H groups in total. The van der Waals surface area contributed by atoms with Crippen molar-refractivity contribution in [2.24, 2.45) is 0 Å². The van der Waals surface area contributed by atoms with E-state index in [-0.39, 0.29) is 17.4 Å². The molecule has 2 aromatic carbocycles. The molecule has 0 bridgehead atoms. The zero-order valence-electron chi connectivity index (χ0n) is 17.1. The predicted octanol–water partition coefficient (Wildman–Crippen LogP) is 4.80. The fourth-order valence-corrected chi connectivity index (χ4v) is 3.20. The number of para-hydroxylation sites is 1. The van der Waals surface area contributed by atoms with Crippen molar-refractivity contribution in [3.8, 4) is 11.5 Å². The highest BCUT2D eigenvalue weighted by Gasteiger charge is 2.20. The van der Waals surface area contributed by atoms with Gasteiger partial charge in [0.15, 0.2) is 0 Å². The van der Waals surface area contributed by atoms with E-state index in [0.29, 0.717) is 29.4 Å². The maximum absolute atomic E-state index is 13.0. The van der Waals surface area contributed by atoms with Crippen molar-refractivity contribution in [2.45, 2.75) is 45.1 Å². The summed E-state index contributed by atoms with van der Waals surface area (Å²) in [5.41, 5.74) is 2.22. The van der Waals surface area contributed by atoms with Crippen LogP contribution < -0.4 is 14.8 Å². The highest BCUT2D eigenvalue weighted by molar-refractivity contribution is 6.06. The van der Waals surface area contributed by atoms with Gasteiger partial charge in [-0.2, -0.15) is 0 Å². The number of nitrogens with one attached hydrogen (secondary N) is 1. The lowest BCUT2D eigenvalue weighted by molar-refractivity contribution is 0.0673. The van der Waals surface area contributed by atoms with Gasteiger partial charge in [-0.15, -0.1) is 0 Å². The molecular weight excluding hydrogens is 354 g/mol. The Bertz CT molecular complexity index is 820. The summed E-state index contributed by atoms with van der Waals surface area (Å²) in [5, 5.41) is 2.98. The lowest BCUT2D eigenvalue weighted by Crippen LogP contribution is -2.19. The van der Waals surface area contributed by atoms with Crippen molar-refractivity contribution in [1.82, 2.24) is 0 Å². The minimum Gasteiger partial charge on any atom is -0.495 e. The molecule has 1 heterocycles. The fourth-order valence-electron chi connectivity index (χ4n) is 3.20. The topological polar surface area (TPSA) is 56.8 Å². The van der Waals surface area contributed by atoms with Crippen LogP contribution in [0.25, 0.3) is 0 Å². The number of methoxy groups -OCH3 is 1. The minimum absolute atomic E-state index is 0.0337. The summed E-state index contributed by atoms with van der Waals surface area (Å²) < 4.78 is 16.9. The summed E-state index contributed by atoms with van der Waals surface area (Å²) in [6.45, 7) is 7.63. The number of amides is 1. The van der Waals surface area contributed by atoms with Crippen molar-refractivity contribution in [2.75, 3.05) is 25.6 Å². The van der Waals surface area contributed by atoms with Crippen LogP contribution in [0.4, 0.5) is 5.69 Å². The highest BCUT2D eigenvalue weighted by atomic mass is 16.5. The Labute approximate surface area is 167 Å². The number of rotatable bonds is 6. The fraction of sp³-hybridized carbons (Fsp3) is 0.435. The van der Waals surface area contributed by atoms with Crippen LogP contribution >= 0.6 is 0 Å². The second kappa shape index (κ2) is 8.65. The van der Waals surface area contributed by atoms with E-state index in [0.717, 1.165) is 25.0 Å². The molecule has 0 aliphatic carbocycles. The van der Waals surface area contributed by atoms with Crippen LogP contribution in [0.5, 0.6) is 11.5 Å². The molecule has 1 aliphatic heterocycles. The summed E-state index contributed by atoms with van der Waals surface area (Å²) in [6.07, 6.45) is 2.14. The van der Waals surface area contributed by atoms with Gasteiger partial charge in [0.2, 0.25) is 0 Å². The predicted molar refractivity (Wildman–Crippen MR) is 111 cm³/mol. The SMILES string of the molecule is COc1ccc(C(C)(C)C)cc1NC(=O)c1ccccc1OCC1CCCO1. The van der Waals surface area contributed by atoms with Crippen LogP contribution in [0.3, 0.4) is 0 Å². The third-order valence-electron chi connectivity index (χ3n) is 4.89. The summed E-state index contributed by atoms with van der Waals surface area (Å²) >= 11 is 0. The van der Waals surface area contributed by atoms with E-state index in [1.807, 2.05) is 36.4 Å². The van der Waals surface area contributed by atoms with Gasteiger partial charge in [-0.05, 0) is 48.1 Å². The zero-order chi connectivity index (χ0) is 20.1. The largest absolute Gasteiger partial charge is 0.495 e. The number of hydrogen-bond acceptors (Lipinski definition) is 4. The summed E-state index contributed by atoms with van der Waals surface area (Å²) in [4.78, 5) is 13.0. The Kier molecular flexibility index (Phi) is 6.25. The number of carbonyl (C=O) groups is 1. The van der Waals surface area contributed by atoms with Gasteiger partial charge in [0.1, 0.15) is 18.1 Å². The quantitative estimate of drug-likeness (QED) is 0.778. The molecular formula is C23H29NO4. The summed E-state index contributed by atoms with van der Waals surface area (Å²) in [6, 6.07) is 13.1. The Balaban J connectivity index is 1.79. The molecule has 1 saturated heterocycles. The molecule has 1 amide bonds. The number of benzene rings is 2. The molecule has 1 aliphatic rings. The van der Waals surface area contributed by atoms with Gasteiger partial charge in [0.25, 0.3) is 5.91 Å². The molecule has 0 radical (unpaired) electrons. The normalized spacial score (nSPS) is 16.6. The van der Waals surface area contributed by atoms with E-state index in [9.17, 15) is 4.79 Å². The Morgan fingerprint density at radius 1 is 1.18 bits per heavy atom. The molecule has 0 saturated carbocycles. The first kappa shape index (κ1) is 20.2. The first-order valence-corrected chi connectivity index (χ1v) is 9.72. The van der Waals surface area contributed by atoms with Crippen LogP contribution in [0.1, 0.15) is 49.5 Å². The number of hydrogen-bond donors (Lipinski definition) is 1. The monoisotopic (exact) mass is 383 g/mol. The number of ether oxygens (including phenoxy) is 3. The smallest absolute Gasteiger partial charge is 0.259 e. The molecule has 0 spiro atoms. The van der Waals surface area contributed by atoms with Crippen LogP contribution in [-0.2, 0) is 10.2 Å². The molecule has 3 rings (SSSR count). The van der Waals surface area contributed by atoms with Gasteiger partial charge >= 0.3 is 0 Å². The van der Waals surface area contributed by atoms with E-state index < -0.39 is 0 Å². The van der Waals surface area contributed by atoms with Crippen LogP contribution in [0, 0.1) is 0 Å². The van der Waals surface area contributed by atoms with E-state index in [1.54, 1.807) is 13.2 Å². The highest BCUT2D eigenvalue weighted by Crippen LogP contribution is 2.32. The van der Waals surface area contributed by atoms with E-state index in [1.165, 1.54) is 0 Å². The second-order valence-corrected chi connectivity index (χ2v) is 8.06. The minimum atomic E-state index is -0.229. The Morgan fingerprint density at radius 3 is 2.64 bits per heavy atom. The van der Waals surface area contributed by atoms with Gasteiger partial charge in [-0.1, -0.05) is 39.0 Å². The average Bonchev–Trinajstić information content (AvgIpc) is 3.19. The van der Waals surface area contributed by atoms with Gasteiger partial charge in [-0.3, -0.25) is 4.79 Å². The zero-order valence-corrected chi connectivity index (χ0v) is 17.1. The second-order valence-electron chi connectivity index (χ2n) is 8.06. The standard InChI is InChI=1S/C23H29NO4/c1-23(2,3)16-11-12-21(26-4)19(14-16)24-22(25)18-9-5-6-10-20(18)28-15-17-8-7-13-27-17/h5-6,9-12,14,17H,7-8,13,15H2,1-4H3,(H,24,25). The maximum Gasteiger partial charge on any atom is 0.259 e. The van der Waals surface area contributed by atoms with E-state index >= 15 is 0 Å². The maximum atomic E-state index is 13.0. The van der Waals surface area contributed by atoms with Crippen molar-refractivity contribution < 1.29 is 19.0 Å². The Morgan fingerprint density at radius 2 is 1.96 bits per heavy atom. The molecule has 28 heavy (non-hydrogen) atoms. The average molecular weight is 383 g/mol. The first-order valence-electron chi connectivity index (χ1n) is 9.72. The van der Waals surface area contributed by atoms with E-state index in [2.05, 4.69) is 26.1 Å². The van der Waals surface area contributed by atoms with Crippen molar-refractivity contribution in [3.05, 3.63) is 53.6 Å². The summed E-state index contributed by atoms with van der Waals surface area (Å²) in [7, 11) is 1.60. The third-order valence-corrected chi connectivity index (χ3v) is 4.89. The lowest BCUT2D eigenvalue weighted by atomic mass is 9.87. The molecule has 1 atom stereocenters. The molecule has 0 aromatic heterocycles. The molecule has 1 fully saturated rings. The van der Waals surface area contributed by atoms with E-state index in [4.69, 9.17) is 14.2 Å². The number of carbonyl (C=O) groups excluding carboxylic acids is 1. The van der Waals surface area contributed by atoms with Crippen LogP contribution in [0.15, 0.2) is 42.5 Å². The molecule has 2 aromatic rings. The first-order chi connectivity index (χ1) is 13.4. The van der Waals surface area contributed by atoms with Gasteiger partial charge in [-0.25, -0.2) is 0 Å². The lowest BCUT2D eigenvalue weighted by Gasteiger charge is -2.21. The van der Waals surface area contributed by atoms with Crippen LogP contribution in [-0.4, -0.2) is 32.3 Å². The van der Waals surface area contributed by atoms with Gasteiger partial charge in [0, 0.05) is 6.61 Å². The van der Waals surface area contributed by atoms with Crippen molar-refractivity contribution in [1.29, 1.82) is 0 Å². The Hall–Kier alpha value is -2.53. The molecule has 5 nitrogen and oxygen atoms in total. The summed E-state index contributed by atoms with van der Waals surface area (Å²) in [5.74, 6) is 0.952. The van der Waals surface area contributed by atoms with Crippen molar-refractivity contribution in [3.63, 3.8) is 0 Å². The van der Waals surface area contributed by atoms with Crippen molar-refractivity contribution >= 4 is 11.6 Å². The third kappa shape index (κ3) is 4.84. The van der Waals surface area contributed by atoms with Gasteiger partial charge < -0.3 is 19.5 Å². The number of anilines is 1. The van der Waals surface area contributed by atoms with Gasteiger partial charge in [0.05, 0.1) is 24.5 Å². The molecule has 5 heteroatoms. The van der Waals surface area contributed by atoms with Crippen LogP contribution in [0.2, 0.25) is 0 Å².